The van der Waals surface area contributed by atoms with Crippen molar-refractivity contribution in [2.24, 2.45) is 10.8 Å². The van der Waals surface area contributed by atoms with E-state index in [1.54, 1.807) is 12.1 Å². The Labute approximate surface area is 409 Å². The van der Waals surface area contributed by atoms with Crippen molar-refractivity contribution in [1.29, 1.82) is 0 Å². The second-order valence-electron chi connectivity index (χ2n) is 17.7. The molecule has 2 heterocycles. The lowest BCUT2D eigenvalue weighted by Gasteiger charge is -2.35. The molecule has 0 N–H and O–H groups in total. The quantitative estimate of drug-likeness (QED) is 0.0775. The maximum absolute atomic E-state index is 14.7. The highest BCUT2D eigenvalue weighted by Crippen LogP contribution is 2.49. The van der Waals surface area contributed by atoms with Crippen molar-refractivity contribution in [1.82, 2.24) is 0 Å². The van der Waals surface area contributed by atoms with Gasteiger partial charge in [-0.3, -0.25) is 0 Å². The SMILES string of the molecule is CCC1(CC)CN(c2ccccc2)c2cc(SC)c(OC[C@@](C)(F)C(=O)OC)cc2S(=O)(=O)C1.CCC1(CC)CN(c2ccccc2)c2cc(SC)c(OC[C@](C)(F)C(=O)OC)cc2S(=O)(=O)C1. The van der Waals surface area contributed by atoms with E-state index in [0.717, 1.165) is 39.4 Å². The number of fused-ring (bicyclic) bond motifs is 2. The number of carbonyl (C=O) groups excluding carboxylic acids is 2. The lowest BCUT2D eigenvalue weighted by Crippen LogP contribution is -2.37. The third-order valence-corrected chi connectivity index (χ3v) is 18.6. The van der Waals surface area contributed by atoms with Crippen molar-refractivity contribution < 1.29 is 54.2 Å². The molecule has 68 heavy (non-hydrogen) atoms. The Morgan fingerprint density at radius 2 is 0.926 bits per heavy atom. The van der Waals surface area contributed by atoms with Gasteiger partial charge in [0.2, 0.25) is 11.3 Å². The van der Waals surface area contributed by atoms with E-state index in [9.17, 15) is 35.2 Å². The van der Waals surface area contributed by atoms with Crippen molar-refractivity contribution in [3.63, 3.8) is 0 Å². The van der Waals surface area contributed by atoms with E-state index in [4.69, 9.17) is 9.47 Å². The first-order chi connectivity index (χ1) is 32.0. The zero-order valence-electron chi connectivity index (χ0n) is 40.5. The van der Waals surface area contributed by atoms with Gasteiger partial charge in [-0.05, 0) is 88.4 Å². The van der Waals surface area contributed by atoms with Crippen LogP contribution in [0.5, 0.6) is 11.5 Å². The molecule has 0 bridgehead atoms. The second kappa shape index (κ2) is 22.1. The van der Waals surface area contributed by atoms with Gasteiger partial charge in [0.1, 0.15) is 24.7 Å². The molecule has 6 rings (SSSR count). The van der Waals surface area contributed by atoms with E-state index in [-0.39, 0.29) is 32.8 Å². The molecule has 0 aliphatic carbocycles. The van der Waals surface area contributed by atoms with E-state index >= 15 is 0 Å². The number of anilines is 4. The number of esters is 2. The third-order valence-electron chi connectivity index (χ3n) is 13.1. The molecule has 0 saturated carbocycles. The van der Waals surface area contributed by atoms with E-state index in [1.807, 2.05) is 101 Å². The minimum atomic E-state index is -3.69. The maximum atomic E-state index is 14.7. The Morgan fingerprint density at radius 1 is 0.603 bits per heavy atom. The van der Waals surface area contributed by atoms with E-state index in [1.165, 1.54) is 35.7 Å². The van der Waals surface area contributed by atoms with Gasteiger partial charge >= 0.3 is 11.9 Å². The van der Waals surface area contributed by atoms with Gasteiger partial charge in [-0.1, -0.05) is 64.1 Å². The van der Waals surface area contributed by atoms with Crippen LogP contribution in [-0.2, 0) is 38.7 Å². The fraction of sp³-hybridized carbons (Fsp3) is 0.480. The number of alkyl halides is 2. The van der Waals surface area contributed by atoms with Crippen molar-refractivity contribution in [3.05, 3.63) is 84.9 Å². The predicted octanol–water partition coefficient (Wildman–Crippen LogP) is 10.8. The summed E-state index contributed by atoms with van der Waals surface area (Å²) in [6, 6.07) is 25.9. The van der Waals surface area contributed by atoms with E-state index in [2.05, 4.69) is 19.3 Å². The average molecular weight is 1020 g/mol. The van der Waals surface area contributed by atoms with Crippen molar-refractivity contribution in [3.8, 4) is 11.5 Å². The smallest absolute Gasteiger partial charge is 0.346 e. The molecule has 2 aliphatic heterocycles. The first kappa shape index (κ1) is 54.4. The molecular weight excluding hydrogens is 955 g/mol. The number of carbonyl (C=O) groups is 2. The monoisotopic (exact) mass is 1020 g/mol. The number of para-hydroxylation sites is 2. The molecule has 12 nitrogen and oxygen atoms in total. The number of sulfone groups is 2. The van der Waals surface area contributed by atoms with Crippen LogP contribution in [-0.4, -0.2) is 105 Å². The second-order valence-corrected chi connectivity index (χ2v) is 23.3. The van der Waals surface area contributed by atoms with Crippen LogP contribution in [0.1, 0.15) is 67.2 Å². The number of rotatable bonds is 16. The minimum absolute atomic E-state index is 0.00434. The van der Waals surface area contributed by atoms with Crippen molar-refractivity contribution >= 4 is 77.9 Å². The number of hydrogen-bond donors (Lipinski definition) is 0. The molecule has 2 aliphatic rings. The summed E-state index contributed by atoms with van der Waals surface area (Å²) >= 11 is 2.73. The first-order valence-corrected chi connectivity index (χ1v) is 28.1. The van der Waals surface area contributed by atoms with Gasteiger partial charge in [0.05, 0.1) is 56.7 Å². The lowest BCUT2D eigenvalue weighted by atomic mass is 9.83. The van der Waals surface area contributed by atoms with Gasteiger partial charge in [-0.2, -0.15) is 0 Å². The molecule has 4 aromatic carbocycles. The number of nitrogens with zero attached hydrogens (tertiary/aromatic N) is 2. The summed E-state index contributed by atoms with van der Waals surface area (Å²) in [5.41, 5.74) is -2.67. The maximum Gasteiger partial charge on any atom is 0.346 e. The minimum Gasteiger partial charge on any atom is -0.488 e. The van der Waals surface area contributed by atoms with Crippen LogP contribution in [0, 0.1) is 10.8 Å². The normalized spacial score (nSPS) is 18.4. The summed E-state index contributed by atoms with van der Waals surface area (Å²) in [4.78, 5) is 29.2. The molecule has 18 heteroatoms. The van der Waals surface area contributed by atoms with Crippen LogP contribution in [0.4, 0.5) is 31.5 Å². The summed E-state index contributed by atoms with van der Waals surface area (Å²) in [5, 5.41) is 0. The van der Waals surface area contributed by atoms with Crippen LogP contribution in [0.15, 0.2) is 105 Å². The van der Waals surface area contributed by atoms with Crippen LogP contribution in [0.2, 0.25) is 0 Å². The highest BCUT2D eigenvalue weighted by atomic mass is 32.2. The van der Waals surface area contributed by atoms with Crippen LogP contribution < -0.4 is 19.3 Å². The number of halogens is 2. The molecule has 0 fully saturated rings. The molecule has 4 aromatic rings. The third kappa shape index (κ3) is 11.9. The standard InChI is InChI=1S/2C25H32FNO5S2/c2*1-6-25(7-2)15-27(18-11-9-8-10-12-18)19-13-21(33-5)20(14-22(19)34(29,30)17-25)32-16-24(3,26)23(28)31-4/h2*8-14H,6-7,15-17H2,1-5H3/t2*24-/m10/s1. The Kier molecular flexibility index (Phi) is 17.7. The number of benzene rings is 4. The molecule has 372 valence electrons. The fourth-order valence-electron chi connectivity index (χ4n) is 8.42. The number of hydrogen-bond acceptors (Lipinski definition) is 14. The zero-order chi connectivity index (χ0) is 50.3. The van der Waals surface area contributed by atoms with Gasteiger partial charge in [0.15, 0.2) is 19.7 Å². The van der Waals surface area contributed by atoms with Crippen LogP contribution in [0.3, 0.4) is 0 Å². The van der Waals surface area contributed by atoms with Gasteiger partial charge < -0.3 is 28.7 Å². The van der Waals surface area contributed by atoms with Crippen molar-refractivity contribution in [2.75, 3.05) is 74.3 Å². The zero-order valence-corrected chi connectivity index (χ0v) is 43.8. The highest BCUT2D eigenvalue weighted by Gasteiger charge is 2.44. The Morgan fingerprint density at radius 3 is 1.21 bits per heavy atom. The predicted molar refractivity (Wildman–Crippen MR) is 268 cm³/mol. The van der Waals surface area contributed by atoms with Gasteiger partial charge in [-0.15, -0.1) is 23.5 Å². The summed E-state index contributed by atoms with van der Waals surface area (Å²) in [6.07, 6.45) is 6.50. The highest BCUT2D eigenvalue weighted by molar-refractivity contribution is 7.99. The van der Waals surface area contributed by atoms with Crippen LogP contribution >= 0.6 is 23.5 Å². The summed E-state index contributed by atoms with van der Waals surface area (Å²) in [6.45, 7) is 10.2. The van der Waals surface area contributed by atoms with E-state index < -0.39 is 67.0 Å². The van der Waals surface area contributed by atoms with Gasteiger partial charge in [0, 0.05) is 47.4 Å². The number of methoxy groups -OCH3 is 2. The Hall–Kier alpha value is -4.52. The number of thioether (sulfide) groups is 2. The molecule has 0 saturated heterocycles. The van der Waals surface area contributed by atoms with Gasteiger partial charge in [-0.25, -0.2) is 35.2 Å². The molecule has 2 atom stereocenters. The van der Waals surface area contributed by atoms with Gasteiger partial charge in [0.25, 0.3) is 0 Å². The topological polar surface area (TPSA) is 146 Å². The Bertz CT molecular complexity index is 2440. The molecule has 0 radical (unpaired) electrons. The molecular formula is C50H64F2N2O10S4. The van der Waals surface area contributed by atoms with Crippen molar-refractivity contribution in [2.45, 2.75) is 98.1 Å². The summed E-state index contributed by atoms with van der Waals surface area (Å²) in [7, 11) is -5.17. The summed E-state index contributed by atoms with van der Waals surface area (Å²) < 4.78 is 104. The first-order valence-electron chi connectivity index (χ1n) is 22.4. The lowest BCUT2D eigenvalue weighted by molar-refractivity contribution is -0.156. The number of ether oxygens (including phenoxy) is 4. The fourth-order valence-corrected chi connectivity index (χ4v) is 14.0. The van der Waals surface area contributed by atoms with Crippen LogP contribution in [0.25, 0.3) is 0 Å². The average Bonchev–Trinajstić information content (AvgIpc) is 3.51. The molecule has 0 unspecified atom stereocenters. The largest absolute Gasteiger partial charge is 0.488 e. The Balaban J connectivity index is 0.000000254. The van der Waals surface area contributed by atoms with E-state index in [0.29, 0.717) is 59.9 Å². The molecule has 0 amide bonds. The summed E-state index contributed by atoms with van der Waals surface area (Å²) in [5.74, 6) is -1.65. The molecule has 0 spiro atoms. The molecule has 0 aromatic heterocycles.